The summed E-state index contributed by atoms with van der Waals surface area (Å²) in [7, 11) is 0. The van der Waals surface area contributed by atoms with E-state index >= 15 is 0 Å². The minimum Gasteiger partial charge on any atom is -0.494 e. The first-order valence-corrected chi connectivity index (χ1v) is 13.9. The van der Waals surface area contributed by atoms with Crippen molar-refractivity contribution in [3.05, 3.63) is 100 Å². The minimum absolute atomic E-state index is 0.185. The predicted molar refractivity (Wildman–Crippen MR) is 150 cm³/mol. The topological polar surface area (TPSA) is 115 Å². The van der Waals surface area contributed by atoms with Crippen LogP contribution in [-0.4, -0.2) is 41.7 Å². The molecule has 5 aromatic rings. The van der Waals surface area contributed by atoms with Crippen molar-refractivity contribution in [2.45, 2.75) is 64.2 Å². The maximum absolute atomic E-state index is 13.8. The van der Waals surface area contributed by atoms with Crippen molar-refractivity contribution in [1.82, 2.24) is 35.1 Å². The summed E-state index contributed by atoms with van der Waals surface area (Å²) in [5.74, 6) is 2.17. The van der Waals surface area contributed by atoms with Crippen LogP contribution in [0.25, 0.3) is 10.9 Å². The summed E-state index contributed by atoms with van der Waals surface area (Å²) in [6, 6.07) is 15.0. The van der Waals surface area contributed by atoms with Crippen LogP contribution in [0.2, 0.25) is 0 Å². The molecule has 1 aliphatic rings. The molecule has 0 bridgehead atoms. The molecular formula is C30H33N7O3. The molecule has 40 heavy (non-hydrogen) atoms. The van der Waals surface area contributed by atoms with E-state index in [0.29, 0.717) is 31.1 Å². The van der Waals surface area contributed by atoms with E-state index < -0.39 is 6.04 Å². The third-order valence-electron chi connectivity index (χ3n) is 7.55. The average molecular weight is 540 g/mol. The first kappa shape index (κ1) is 25.9. The van der Waals surface area contributed by atoms with Crippen LogP contribution in [0.15, 0.2) is 76.4 Å². The second kappa shape index (κ2) is 11.8. The number of aromatic nitrogens is 6. The number of hydrogen-bond donors (Lipinski definition) is 1. The molecule has 1 saturated carbocycles. The van der Waals surface area contributed by atoms with Crippen LogP contribution in [0.5, 0.6) is 5.75 Å². The molecule has 10 nitrogen and oxygen atoms in total. The molecular weight excluding hydrogens is 506 g/mol. The number of hydrogen-bond acceptors (Lipinski definition) is 8. The Labute approximate surface area is 232 Å². The number of fused-ring (bicyclic) bond motifs is 1. The second-order valence-corrected chi connectivity index (χ2v) is 10.3. The zero-order chi connectivity index (χ0) is 27.3. The average Bonchev–Trinajstić information content (AvgIpc) is 3.68. The Morgan fingerprint density at radius 3 is 2.80 bits per heavy atom. The molecule has 10 heteroatoms. The van der Waals surface area contributed by atoms with Crippen LogP contribution in [0.3, 0.4) is 0 Å². The third-order valence-corrected chi connectivity index (χ3v) is 7.55. The number of H-pyrrole nitrogens is 1. The second-order valence-electron chi connectivity index (χ2n) is 10.3. The maximum atomic E-state index is 13.8. The highest BCUT2D eigenvalue weighted by molar-refractivity contribution is 5.80. The van der Waals surface area contributed by atoms with Gasteiger partial charge < -0.3 is 14.1 Å². The quantitative estimate of drug-likeness (QED) is 0.258. The lowest BCUT2D eigenvalue weighted by Crippen LogP contribution is -2.35. The Bertz CT molecular complexity index is 1590. The molecule has 0 amide bonds. The van der Waals surface area contributed by atoms with Gasteiger partial charge in [-0.15, -0.1) is 5.10 Å². The maximum Gasteiger partial charge on any atom is 0.253 e. The van der Waals surface area contributed by atoms with E-state index in [4.69, 9.17) is 9.15 Å². The Kier molecular flexibility index (Phi) is 7.67. The molecule has 6 rings (SSSR count). The fourth-order valence-electron chi connectivity index (χ4n) is 5.69. The Hall–Kier alpha value is -4.31. The molecule has 1 aromatic carbocycles. The molecule has 0 saturated heterocycles. The van der Waals surface area contributed by atoms with Gasteiger partial charge in [0.15, 0.2) is 5.82 Å². The number of nitrogens with zero attached hydrogens (tertiary/aromatic N) is 6. The fraction of sp³-hybridized carbons (Fsp3) is 0.367. The summed E-state index contributed by atoms with van der Waals surface area (Å²) in [5.41, 5.74) is 2.12. The summed E-state index contributed by atoms with van der Waals surface area (Å²) < 4.78 is 13.5. The van der Waals surface area contributed by atoms with Gasteiger partial charge in [0.25, 0.3) is 5.56 Å². The molecule has 4 aromatic heterocycles. The van der Waals surface area contributed by atoms with Gasteiger partial charge in [-0.1, -0.05) is 25.3 Å². The normalized spacial score (nSPS) is 15.1. The van der Waals surface area contributed by atoms with Crippen LogP contribution >= 0.6 is 0 Å². The number of aromatic amines is 1. The Morgan fingerprint density at radius 2 is 2.02 bits per heavy atom. The van der Waals surface area contributed by atoms with Crippen molar-refractivity contribution in [3.63, 3.8) is 0 Å². The van der Waals surface area contributed by atoms with Crippen LogP contribution < -0.4 is 10.3 Å². The molecule has 0 spiro atoms. The van der Waals surface area contributed by atoms with Gasteiger partial charge in [0.1, 0.15) is 17.6 Å². The van der Waals surface area contributed by atoms with Gasteiger partial charge in [0, 0.05) is 35.4 Å². The lowest BCUT2D eigenvalue weighted by molar-refractivity contribution is 0.173. The molecule has 1 fully saturated rings. The van der Waals surface area contributed by atoms with Gasteiger partial charge in [-0.2, -0.15) is 0 Å². The SMILES string of the molecule is CCOc1ccc2[nH]c(=O)c([C@H](c3nnnn3C3CCCCC3)N(Cc3cccnc3)Cc3ccco3)cc2c1. The van der Waals surface area contributed by atoms with Gasteiger partial charge >= 0.3 is 0 Å². The number of furan rings is 1. The Morgan fingerprint density at radius 1 is 1.12 bits per heavy atom. The zero-order valence-corrected chi connectivity index (χ0v) is 22.6. The van der Waals surface area contributed by atoms with Crippen LogP contribution in [0.4, 0.5) is 0 Å². The van der Waals surface area contributed by atoms with Crippen molar-refractivity contribution in [2.75, 3.05) is 6.61 Å². The first-order valence-electron chi connectivity index (χ1n) is 13.9. The van der Waals surface area contributed by atoms with Crippen molar-refractivity contribution in [1.29, 1.82) is 0 Å². The van der Waals surface area contributed by atoms with Gasteiger partial charge in [-0.05, 0) is 78.2 Å². The molecule has 1 atom stereocenters. The smallest absolute Gasteiger partial charge is 0.253 e. The summed E-state index contributed by atoms with van der Waals surface area (Å²) in [5, 5.41) is 14.0. The summed E-state index contributed by atoms with van der Waals surface area (Å²) in [6.07, 6.45) is 10.8. The standard InChI is InChI=1S/C30H33N7O3/c1-2-39-24-12-13-27-22(16-24)17-26(30(38)32-27)28(29-33-34-35-37(29)23-9-4-3-5-10-23)36(20-25-11-7-15-40-25)19-21-8-6-14-31-18-21/h6-8,11-18,23,28H,2-5,9-10,19-20H2,1H3,(H,32,38)/t28-/m1/s1. The molecule has 1 N–H and O–H groups in total. The van der Waals surface area contributed by atoms with Crippen LogP contribution in [0.1, 0.15) is 73.8 Å². The van der Waals surface area contributed by atoms with Crippen molar-refractivity contribution >= 4 is 10.9 Å². The predicted octanol–water partition coefficient (Wildman–Crippen LogP) is 5.20. The van der Waals surface area contributed by atoms with Crippen molar-refractivity contribution in [2.24, 2.45) is 0 Å². The van der Waals surface area contributed by atoms with E-state index in [1.807, 2.05) is 66.3 Å². The number of benzene rings is 1. The highest BCUT2D eigenvalue weighted by atomic mass is 16.5. The van der Waals surface area contributed by atoms with Crippen LogP contribution in [-0.2, 0) is 13.1 Å². The van der Waals surface area contributed by atoms with E-state index in [9.17, 15) is 4.79 Å². The largest absolute Gasteiger partial charge is 0.494 e. The number of ether oxygens (including phenoxy) is 1. The van der Waals surface area contributed by atoms with E-state index in [-0.39, 0.29) is 11.6 Å². The van der Waals surface area contributed by atoms with Gasteiger partial charge in [0.2, 0.25) is 0 Å². The zero-order valence-electron chi connectivity index (χ0n) is 22.6. The first-order chi connectivity index (χ1) is 19.7. The molecule has 1 aliphatic carbocycles. The van der Waals surface area contributed by atoms with Crippen LogP contribution in [0, 0.1) is 0 Å². The minimum atomic E-state index is -0.550. The highest BCUT2D eigenvalue weighted by Crippen LogP contribution is 2.35. The summed E-state index contributed by atoms with van der Waals surface area (Å²) in [4.78, 5) is 23.4. The van der Waals surface area contributed by atoms with E-state index in [2.05, 4.69) is 30.4 Å². The van der Waals surface area contributed by atoms with E-state index in [0.717, 1.165) is 53.7 Å². The molecule has 0 radical (unpaired) electrons. The molecule has 0 unspecified atom stereocenters. The lowest BCUT2D eigenvalue weighted by atomic mass is 9.95. The number of pyridine rings is 2. The highest BCUT2D eigenvalue weighted by Gasteiger charge is 2.33. The Balaban J connectivity index is 1.52. The number of rotatable bonds is 10. The van der Waals surface area contributed by atoms with Crippen molar-refractivity contribution in [3.8, 4) is 5.75 Å². The molecule has 206 valence electrons. The molecule has 0 aliphatic heterocycles. The molecule has 4 heterocycles. The fourth-order valence-corrected chi connectivity index (χ4v) is 5.69. The van der Waals surface area contributed by atoms with Gasteiger partial charge in [0.05, 0.1) is 25.5 Å². The van der Waals surface area contributed by atoms with Gasteiger partial charge in [-0.25, -0.2) is 4.68 Å². The third kappa shape index (κ3) is 5.53. The monoisotopic (exact) mass is 539 g/mol. The van der Waals surface area contributed by atoms with Crippen molar-refractivity contribution < 1.29 is 9.15 Å². The lowest BCUT2D eigenvalue weighted by Gasteiger charge is -2.32. The van der Waals surface area contributed by atoms with E-state index in [1.54, 1.807) is 12.5 Å². The number of nitrogens with one attached hydrogen (secondary N) is 1. The van der Waals surface area contributed by atoms with Gasteiger partial charge in [-0.3, -0.25) is 14.7 Å². The summed E-state index contributed by atoms with van der Waals surface area (Å²) in [6.45, 7) is 3.46. The van der Waals surface area contributed by atoms with E-state index in [1.165, 1.54) is 6.42 Å². The summed E-state index contributed by atoms with van der Waals surface area (Å²) >= 11 is 0. The number of tetrazole rings is 1.